The highest BCUT2D eigenvalue weighted by molar-refractivity contribution is 7.98. The number of ether oxygens (including phenoxy) is 1. The van der Waals surface area contributed by atoms with E-state index in [-0.39, 0.29) is 11.3 Å². The lowest BCUT2D eigenvalue weighted by atomic mass is 9.98. The third-order valence-electron chi connectivity index (χ3n) is 4.98. The van der Waals surface area contributed by atoms with Crippen LogP contribution in [0.3, 0.4) is 0 Å². The zero-order valence-electron chi connectivity index (χ0n) is 17.7. The van der Waals surface area contributed by atoms with Gasteiger partial charge >= 0.3 is 0 Å². The van der Waals surface area contributed by atoms with E-state index in [0.29, 0.717) is 16.6 Å². The second-order valence-electron chi connectivity index (χ2n) is 7.22. The fourth-order valence-corrected chi connectivity index (χ4v) is 4.64. The first-order valence-corrected chi connectivity index (χ1v) is 11.8. The second kappa shape index (κ2) is 9.98. The van der Waals surface area contributed by atoms with Crippen LogP contribution >= 0.6 is 23.1 Å². The van der Waals surface area contributed by atoms with Crippen molar-refractivity contribution in [3.63, 3.8) is 0 Å². The number of hydrogen-bond donors (Lipinski definition) is 1. The molecule has 1 amide bonds. The van der Waals surface area contributed by atoms with Crippen molar-refractivity contribution in [3.8, 4) is 5.75 Å². The van der Waals surface area contributed by atoms with Gasteiger partial charge in [0.05, 0.1) is 29.0 Å². The van der Waals surface area contributed by atoms with Crippen LogP contribution in [0.2, 0.25) is 0 Å². The van der Waals surface area contributed by atoms with Gasteiger partial charge in [-0.2, -0.15) is 0 Å². The Labute approximate surface area is 189 Å². The molecule has 2 aromatic carbocycles. The highest BCUT2D eigenvalue weighted by Gasteiger charge is 2.27. The first-order chi connectivity index (χ1) is 14.8. The normalized spacial score (nSPS) is 11.9. The van der Waals surface area contributed by atoms with Crippen LogP contribution in [-0.2, 0) is 0 Å². The zero-order valence-corrected chi connectivity index (χ0v) is 19.4. The summed E-state index contributed by atoms with van der Waals surface area (Å²) in [6.07, 6.45) is 1.83. The van der Waals surface area contributed by atoms with Gasteiger partial charge in [-0.05, 0) is 40.8 Å². The van der Waals surface area contributed by atoms with Gasteiger partial charge < -0.3 is 10.1 Å². The summed E-state index contributed by atoms with van der Waals surface area (Å²) >= 11 is 2.89. The van der Waals surface area contributed by atoms with Crippen LogP contribution in [-0.4, -0.2) is 24.2 Å². The average Bonchev–Trinajstić information content (AvgIpc) is 3.30. The summed E-state index contributed by atoms with van der Waals surface area (Å²) in [6.45, 7) is 4.25. The molecule has 0 saturated heterocycles. The van der Waals surface area contributed by atoms with Crippen molar-refractivity contribution in [3.05, 3.63) is 85.6 Å². The summed E-state index contributed by atoms with van der Waals surface area (Å²) in [7, 11) is 1.45. The van der Waals surface area contributed by atoms with Gasteiger partial charge in [0.1, 0.15) is 11.3 Å². The maximum absolute atomic E-state index is 13.2. The standard InChI is InChI=1S/C23H24N2O4S2/c1-14(2)15-7-9-16(10-8-15)22(20-6-5-11-31-20)24-23(26)17-12-21(30-4)19(29-3)13-18(17)25(27)28/h5-14,22H,1-4H3,(H,24,26). The molecule has 3 aromatic rings. The predicted octanol–water partition coefficient (Wildman–Crippen LogP) is 6.03. The van der Waals surface area contributed by atoms with Gasteiger partial charge in [0.25, 0.3) is 11.6 Å². The van der Waals surface area contributed by atoms with Crippen LogP contribution in [0.15, 0.2) is 58.8 Å². The largest absolute Gasteiger partial charge is 0.495 e. The Balaban J connectivity index is 2.00. The maximum atomic E-state index is 13.2. The Hall–Kier alpha value is -2.84. The fraction of sp³-hybridized carbons (Fsp3) is 0.261. The number of benzene rings is 2. The topological polar surface area (TPSA) is 81.5 Å². The molecule has 3 rings (SSSR count). The number of rotatable bonds is 8. The molecule has 1 aromatic heterocycles. The fourth-order valence-electron chi connectivity index (χ4n) is 3.26. The van der Waals surface area contributed by atoms with E-state index in [2.05, 4.69) is 31.3 Å². The molecule has 0 bridgehead atoms. The van der Waals surface area contributed by atoms with Crippen molar-refractivity contribution in [2.45, 2.75) is 30.7 Å². The van der Waals surface area contributed by atoms with Crippen LogP contribution in [0.4, 0.5) is 5.69 Å². The van der Waals surface area contributed by atoms with E-state index < -0.39 is 16.9 Å². The maximum Gasteiger partial charge on any atom is 0.285 e. The predicted molar refractivity (Wildman–Crippen MR) is 126 cm³/mol. The number of thioether (sulfide) groups is 1. The van der Waals surface area contributed by atoms with Gasteiger partial charge in [-0.3, -0.25) is 14.9 Å². The molecule has 0 spiro atoms. The number of nitro benzene ring substituents is 1. The molecule has 0 saturated carbocycles. The minimum atomic E-state index is -0.556. The lowest BCUT2D eigenvalue weighted by Crippen LogP contribution is -2.29. The Bertz CT molecular complexity index is 1060. The molecule has 0 fully saturated rings. The van der Waals surface area contributed by atoms with E-state index >= 15 is 0 Å². The van der Waals surface area contributed by atoms with Crippen LogP contribution < -0.4 is 10.1 Å². The van der Waals surface area contributed by atoms with Gasteiger partial charge in [0.15, 0.2) is 0 Å². The van der Waals surface area contributed by atoms with Crippen LogP contribution in [0.25, 0.3) is 0 Å². The molecule has 1 heterocycles. The number of amides is 1. The quantitative estimate of drug-likeness (QED) is 0.254. The Kier molecular flexibility index (Phi) is 7.35. The summed E-state index contributed by atoms with van der Waals surface area (Å²) in [6, 6.07) is 14.4. The van der Waals surface area contributed by atoms with E-state index in [0.717, 1.165) is 10.4 Å². The van der Waals surface area contributed by atoms with Crippen LogP contribution in [0.5, 0.6) is 5.75 Å². The first-order valence-electron chi connectivity index (χ1n) is 9.70. The number of nitrogens with zero attached hydrogens (tertiary/aromatic N) is 1. The molecule has 1 N–H and O–H groups in total. The minimum Gasteiger partial charge on any atom is -0.495 e. The van der Waals surface area contributed by atoms with Crippen LogP contribution in [0, 0.1) is 10.1 Å². The summed E-state index contributed by atoms with van der Waals surface area (Å²) in [5, 5.41) is 16.6. The van der Waals surface area contributed by atoms with Gasteiger partial charge in [-0.1, -0.05) is 44.2 Å². The zero-order chi connectivity index (χ0) is 22.5. The van der Waals surface area contributed by atoms with Crippen molar-refractivity contribution < 1.29 is 14.5 Å². The number of carbonyl (C=O) groups is 1. The van der Waals surface area contributed by atoms with Gasteiger partial charge in [0.2, 0.25) is 0 Å². The Morgan fingerprint density at radius 1 is 1.16 bits per heavy atom. The molecule has 31 heavy (non-hydrogen) atoms. The number of nitro groups is 1. The van der Waals surface area contributed by atoms with E-state index in [9.17, 15) is 14.9 Å². The van der Waals surface area contributed by atoms with Gasteiger partial charge in [-0.15, -0.1) is 23.1 Å². The van der Waals surface area contributed by atoms with Gasteiger partial charge in [-0.25, -0.2) is 0 Å². The molecule has 0 aliphatic carbocycles. The lowest BCUT2D eigenvalue weighted by Gasteiger charge is -2.19. The molecule has 1 unspecified atom stereocenters. The number of thiophene rings is 1. The number of nitrogens with one attached hydrogen (secondary N) is 1. The molecule has 1 atom stereocenters. The van der Waals surface area contributed by atoms with E-state index in [1.165, 1.54) is 47.9 Å². The monoisotopic (exact) mass is 456 g/mol. The average molecular weight is 457 g/mol. The number of carbonyl (C=O) groups excluding carboxylic acids is 1. The van der Waals surface area contributed by atoms with Crippen molar-refractivity contribution >= 4 is 34.7 Å². The molecule has 6 nitrogen and oxygen atoms in total. The molecule has 0 radical (unpaired) electrons. The highest BCUT2D eigenvalue weighted by Crippen LogP contribution is 2.35. The summed E-state index contributed by atoms with van der Waals surface area (Å²) in [4.78, 5) is 25.9. The van der Waals surface area contributed by atoms with Crippen molar-refractivity contribution in [2.75, 3.05) is 13.4 Å². The number of hydrogen-bond acceptors (Lipinski definition) is 6. The second-order valence-corrected chi connectivity index (χ2v) is 9.05. The molecular formula is C23H24N2O4S2. The molecular weight excluding hydrogens is 432 g/mol. The smallest absolute Gasteiger partial charge is 0.285 e. The van der Waals surface area contributed by atoms with E-state index in [4.69, 9.17) is 4.74 Å². The Morgan fingerprint density at radius 3 is 2.35 bits per heavy atom. The first kappa shape index (κ1) is 22.8. The third-order valence-corrected chi connectivity index (χ3v) is 6.68. The summed E-state index contributed by atoms with van der Waals surface area (Å²) in [5.74, 6) is 0.265. The summed E-state index contributed by atoms with van der Waals surface area (Å²) in [5.41, 5.74) is 1.85. The lowest BCUT2D eigenvalue weighted by molar-refractivity contribution is -0.385. The summed E-state index contributed by atoms with van der Waals surface area (Å²) < 4.78 is 5.25. The highest BCUT2D eigenvalue weighted by atomic mass is 32.2. The van der Waals surface area contributed by atoms with Crippen molar-refractivity contribution in [1.29, 1.82) is 0 Å². The van der Waals surface area contributed by atoms with Gasteiger partial charge in [0, 0.05) is 4.88 Å². The third kappa shape index (κ3) is 5.08. The molecule has 162 valence electrons. The number of methoxy groups -OCH3 is 1. The minimum absolute atomic E-state index is 0.00973. The Morgan fingerprint density at radius 2 is 1.84 bits per heavy atom. The molecule has 0 aliphatic rings. The van der Waals surface area contributed by atoms with E-state index in [1.54, 1.807) is 0 Å². The van der Waals surface area contributed by atoms with Crippen molar-refractivity contribution in [1.82, 2.24) is 5.32 Å². The van der Waals surface area contributed by atoms with E-state index in [1.807, 2.05) is 35.9 Å². The van der Waals surface area contributed by atoms with Crippen LogP contribution in [0.1, 0.15) is 52.2 Å². The molecule has 0 aliphatic heterocycles. The van der Waals surface area contributed by atoms with Crippen molar-refractivity contribution in [2.24, 2.45) is 0 Å². The SMILES string of the molecule is COc1cc([N+](=O)[O-])c(C(=O)NC(c2ccc(C(C)C)cc2)c2cccs2)cc1SC. The molecule has 8 heteroatoms.